The smallest absolute Gasteiger partial charge is 0.303 e. The number of hydrogen-bond acceptors (Lipinski definition) is 4. The normalized spacial score (nSPS) is 16.7. The number of carboxylic acid groups (broad SMARTS) is 1. The van der Waals surface area contributed by atoms with Gasteiger partial charge in [-0.25, -0.2) is 0 Å². The van der Waals surface area contributed by atoms with Gasteiger partial charge in [-0.15, -0.1) is 22.7 Å². The molecule has 0 unspecified atom stereocenters. The van der Waals surface area contributed by atoms with Gasteiger partial charge in [0.1, 0.15) is 0 Å². The van der Waals surface area contributed by atoms with Gasteiger partial charge >= 0.3 is 5.97 Å². The molecular weight excluding hydrogens is 294 g/mol. The molecule has 3 heterocycles. The van der Waals surface area contributed by atoms with Gasteiger partial charge in [0, 0.05) is 28.9 Å². The highest BCUT2D eigenvalue weighted by atomic mass is 32.1. The summed E-state index contributed by atoms with van der Waals surface area (Å²) in [4.78, 5) is 25.8. The van der Waals surface area contributed by atoms with Crippen LogP contribution in [0.5, 0.6) is 0 Å². The van der Waals surface area contributed by atoms with E-state index in [1.165, 1.54) is 9.40 Å². The maximum atomic E-state index is 12.4. The van der Waals surface area contributed by atoms with E-state index >= 15 is 0 Å². The number of nitrogens with zero attached hydrogens (tertiary/aromatic N) is 1. The maximum absolute atomic E-state index is 12.4. The Labute approximate surface area is 124 Å². The summed E-state index contributed by atoms with van der Waals surface area (Å²) in [6, 6.07) is 4.01. The number of carboxylic acids is 1. The molecule has 4 nitrogen and oxygen atoms in total. The summed E-state index contributed by atoms with van der Waals surface area (Å²) in [5, 5.41) is 10.8. The van der Waals surface area contributed by atoms with Gasteiger partial charge in [0.05, 0.1) is 4.88 Å². The summed E-state index contributed by atoms with van der Waals surface area (Å²) in [6.07, 6.45) is 1.80. The summed E-state index contributed by atoms with van der Waals surface area (Å²) >= 11 is 3.20. The molecule has 2 aromatic heterocycles. The molecule has 2 aromatic rings. The molecule has 1 N–H and O–H groups in total. The van der Waals surface area contributed by atoms with Crippen molar-refractivity contribution in [2.45, 2.75) is 19.3 Å². The van der Waals surface area contributed by atoms with Crippen molar-refractivity contribution in [3.63, 3.8) is 0 Å². The third-order valence-electron chi connectivity index (χ3n) is 3.72. The first-order chi connectivity index (χ1) is 9.63. The minimum atomic E-state index is -0.742. The molecule has 0 radical (unpaired) electrons. The van der Waals surface area contributed by atoms with Gasteiger partial charge in [0.25, 0.3) is 5.91 Å². The molecule has 1 fully saturated rings. The van der Waals surface area contributed by atoms with Crippen molar-refractivity contribution in [2.75, 3.05) is 13.1 Å². The van der Waals surface area contributed by atoms with Crippen LogP contribution in [-0.4, -0.2) is 35.0 Å². The predicted molar refractivity (Wildman–Crippen MR) is 80.6 cm³/mol. The Morgan fingerprint density at radius 1 is 1.30 bits per heavy atom. The van der Waals surface area contributed by atoms with Gasteiger partial charge in [-0.2, -0.15) is 0 Å². The number of carbonyl (C=O) groups is 2. The highest BCUT2D eigenvalue weighted by Crippen LogP contribution is 2.31. The summed E-state index contributed by atoms with van der Waals surface area (Å²) in [5.74, 6) is -0.441. The van der Waals surface area contributed by atoms with Gasteiger partial charge in [0.15, 0.2) is 0 Å². The molecule has 6 heteroatoms. The first kappa shape index (κ1) is 13.6. The van der Waals surface area contributed by atoms with Crippen LogP contribution in [0.1, 0.15) is 28.9 Å². The first-order valence-corrected chi connectivity index (χ1v) is 8.31. The van der Waals surface area contributed by atoms with Gasteiger partial charge in [0.2, 0.25) is 0 Å². The standard InChI is InChI=1S/C14H15NO3S2/c16-13(17)7-9-1-4-15(5-2-9)14(18)12-8-11-10(20-12)3-6-19-11/h3,6,8-9H,1-2,4-5,7H2,(H,16,17). The fraction of sp³-hybridized carbons (Fsp3) is 0.429. The van der Waals surface area contributed by atoms with E-state index in [1.807, 2.05) is 22.4 Å². The molecule has 0 aliphatic carbocycles. The fourth-order valence-corrected chi connectivity index (χ4v) is 4.69. The lowest BCUT2D eigenvalue weighted by atomic mass is 9.93. The fourth-order valence-electron chi connectivity index (χ4n) is 2.61. The van der Waals surface area contributed by atoms with E-state index in [9.17, 15) is 9.59 Å². The number of thiophene rings is 2. The van der Waals surface area contributed by atoms with Crippen molar-refractivity contribution < 1.29 is 14.7 Å². The molecule has 1 amide bonds. The molecule has 1 saturated heterocycles. The number of carbonyl (C=O) groups excluding carboxylic acids is 1. The Balaban J connectivity index is 1.64. The SMILES string of the molecule is O=C(O)CC1CCN(C(=O)c2cc3sccc3s2)CC1. The predicted octanol–water partition coefficient (Wildman–Crippen LogP) is 3.29. The number of amides is 1. The van der Waals surface area contributed by atoms with Crippen LogP contribution in [-0.2, 0) is 4.79 Å². The highest BCUT2D eigenvalue weighted by molar-refractivity contribution is 7.27. The van der Waals surface area contributed by atoms with Crippen molar-refractivity contribution in [3.05, 3.63) is 22.4 Å². The summed E-state index contributed by atoms with van der Waals surface area (Å²) < 4.78 is 2.33. The largest absolute Gasteiger partial charge is 0.481 e. The Kier molecular flexibility index (Phi) is 3.76. The molecule has 1 aliphatic rings. The average molecular weight is 309 g/mol. The highest BCUT2D eigenvalue weighted by Gasteiger charge is 2.25. The lowest BCUT2D eigenvalue weighted by Crippen LogP contribution is -2.38. The van der Waals surface area contributed by atoms with Crippen LogP contribution in [0.4, 0.5) is 0 Å². The Hall–Kier alpha value is -1.40. The topological polar surface area (TPSA) is 57.6 Å². The zero-order chi connectivity index (χ0) is 14.1. The Morgan fingerprint density at radius 3 is 2.70 bits per heavy atom. The van der Waals surface area contributed by atoms with Crippen LogP contribution in [0.25, 0.3) is 9.40 Å². The van der Waals surface area contributed by atoms with Crippen LogP contribution in [0, 0.1) is 5.92 Å². The first-order valence-electron chi connectivity index (χ1n) is 6.61. The van der Waals surface area contributed by atoms with Crippen LogP contribution < -0.4 is 0 Å². The van der Waals surface area contributed by atoms with Crippen molar-refractivity contribution in [1.82, 2.24) is 4.90 Å². The van der Waals surface area contributed by atoms with Crippen LogP contribution in [0.15, 0.2) is 17.5 Å². The lowest BCUT2D eigenvalue weighted by molar-refractivity contribution is -0.138. The van der Waals surface area contributed by atoms with Gasteiger partial charge < -0.3 is 10.0 Å². The van der Waals surface area contributed by atoms with Crippen LogP contribution >= 0.6 is 22.7 Å². The molecular formula is C14H15NO3S2. The second-order valence-corrected chi connectivity index (χ2v) is 7.12. The summed E-state index contributed by atoms with van der Waals surface area (Å²) in [6.45, 7) is 1.34. The van der Waals surface area contributed by atoms with E-state index in [0.717, 1.165) is 17.7 Å². The van der Waals surface area contributed by atoms with Crippen LogP contribution in [0.3, 0.4) is 0 Å². The van der Waals surface area contributed by atoms with E-state index < -0.39 is 5.97 Å². The van der Waals surface area contributed by atoms with Gasteiger partial charge in [-0.3, -0.25) is 9.59 Å². The number of piperidine rings is 1. The summed E-state index contributed by atoms with van der Waals surface area (Å²) in [7, 11) is 0. The molecule has 0 spiro atoms. The number of hydrogen-bond donors (Lipinski definition) is 1. The molecule has 3 rings (SSSR count). The lowest BCUT2D eigenvalue weighted by Gasteiger charge is -2.31. The third kappa shape index (κ3) is 2.71. The Morgan fingerprint density at radius 2 is 2.05 bits per heavy atom. The average Bonchev–Trinajstić information content (AvgIpc) is 2.98. The Bertz CT molecular complexity index is 609. The van der Waals surface area contributed by atoms with Gasteiger partial charge in [-0.05, 0) is 36.3 Å². The summed E-state index contributed by atoms with van der Waals surface area (Å²) in [5.41, 5.74) is 0. The molecule has 0 aromatic carbocycles. The van der Waals surface area contributed by atoms with E-state index in [2.05, 4.69) is 0 Å². The zero-order valence-corrected chi connectivity index (χ0v) is 12.5. The van der Waals surface area contributed by atoms with E-state index in [0.29, 0.717) is 13.1 Å². The molecule has 0 bridgehead atoms. The second kappa shape index (κ2) is 5.54. The molecule has 0 atom stereocenters. The number of rotatable bonds is 3. The van der Waals surface area contributed by atoms with Crippen molar-refractivity contribution in [2.24, 2.45) is 5.92 Å². The third-order valence-corrected chi connectivity index (χ3v) is 5.80. The second-order valence-electron chi connectivity index (χ2n) is 5.09. The maximum Gasteiger partial charge on any atom is 0.303 e. The number of aliphatic carboxylic acids is 1. The monoisotopic (exact) mass is 309 g/mol. The molecule has 1 aliphatic heterocycles. The minimum absolute atomic E-state index is 0.0900. The van der Waals surface area contributed by atoms with Crippen molar-refractivity contribution >= 4 is 43.9 Å². The molecule has 106 valence electrons. The molecule has 0 saturated carbocycles. The van der Waals surface area contributed by atoms with Crippen LogP contribution in [0.2, 0.25) is 0 Å². The van der Waals surface area contributed by atoms with E-state index in [-0.39, 0.29) is 18.2 Å². The number of fused-ring (bicyclic) bond motifs is 1. The zero-order valence-electron chi connectivity index (χ0n) is 10.9. The number of likely N-dealkylation sites (tertiary alicyclic amines) is 1. The minimum Gasteiger partial charge on any atom is -0.481 e. The quantitative estimate of drug-likeness (QED) is 0.946. The molecule has 20 heavy (non-hydrogen) atoms. The van der Waals surface area contributed by atoms with E-state index in [4.69, 9.17) is 5.11 Å². The van der Waals surface area contributed by atoms with Gasteiger partial charge in [-0.1, -0.05) is 0 Å². The van der Waals surface area contributed by atoms with E-state index in [1.54, 1.807) is 22.7 Å². The van der Waals surface area contributed by atoms with Crippen molar-refractivity contribution in [3.8, 4) is 0 Å². The van der Waals surface area contributed by atoms with Crippen molar-refractivity contribution in [1.29, 1.82) is 0 Å².